The Morgan fingerprint density at radius 3 is 1.34 bits per heavy atom. The normalized spacial score (nSPS) is 10.1. The van der Waals surface area contributed by atoms with E-state index < -0.39 is 4.92 Å². The molecule has 0 atom stereocenters. The zero-order valence-electron chi connectivity index (χ0n) is 15.3. The number of rotatable bonds is 2. The Kier molecular flexibility index (Phi) is 21.2. The van der Waals surface area contributed by atoms with Crippen LogP contribution in [0.1, 0.15) is 0 Å². The Labute approximate surface area is 194 Å². The maximum absolute atomic E-state index is 10.3. The van der Waals surface area contributed by atoms with E-state index in [2.05, 4.69) is 10.8 Å². The number of benzene rings is 2. The number of hydrogen-bond donors (Lipinski definition) is 1. The first-order chi connectivity index (χ1) is 13.0. The van der Waals surface area contributed by atoms with Crippen LogP contribution in [0.4, 0.5) is 11.4 Å². The van der Waals surface area contributed by atoms with Gasteiger partial charge in [0.25, 0.3) is 5.69 Å². The van der Waals surface area contributed by atoms with Crippen molar-refractivity contribution in [2.45, 2.75) is 0 Å². The molecule has 1 N–H and O–H groups in total. The first-order valence-electron chi connectivity index (χ1n) is 7.25. The average molecular weight is 428 g/mol. The molecule has 0 spiro atoms. The number of allylic oxidation sites excluding steroid dienone is 4. The second kappa shape index (κ2) is 19.9. The second-order valence-electron chi connectivity index (χ2n) is 4.49. The Balaban J connectivity index is -0.000000325. The van der Waals surface area contributed by atoms with Crippen LogP contribution in [-0.2, 0) is 9.59 Å². The quantitative estimate of drug-likeness (QED) is 0.198. The summed E-state index contributed by atoms with van der Waals surface area (Å²) in [4.78, 5) is 47.4. The Bertz CT molecular complexity index is 779. The van der Waals surface area contributed by atoms with Gasteiger partial charge in [-0.25, -0.2) is 0 Å². The minimum absolute atomic E-state index is 0. The fourth-order valence-electron chi connectivity index (χ4n) is 1.48. The summed E-state index contributed by atoms with van der Waals surface area (Å²) < 4.78 is 0. The summed E-state index contributed by atoms with van der Waals surface area (Å²) in [6.07, 6.45) is 5.01. The number of nitrogens with one attached hydrogen (secondary N) is 1. The van der Waals surface area contributed by atoms with Gasteiger partial charge in [-0.05, 0) is 41.6 Å². The van der Waals surface area contributed by atoms with Crippen molar-refractivity contribution < 1.29 is 56.5 Å². The predicted octanol–water partition coefficient (Wildman–Crippen LogP) is -1.73. The van der Waals surface area contributed by atoms with E-state index in [1.165, 1.54) is 36.4 Å². The van der Waals surface area contributed by atoms with Crippen molar-refractivity contribution in [3.8, 4) is 0 Å². The average Bonchev–Trinajstić information content (AvgIpc) is 2.74. The van der Waals surface area contributed by atoms with Gasteiger partial charge in [0.2, 0.25) is 0 Å². The van der Waals surface area contributed by atoms with E-state index in [1.54, 1.807) is 42.5 Å². The summed E-state index contributed by atoms with van der Waals surface area (Å²) in [6, 6.07) is 16.6. The third-order valence-corrected chi connectivity index (χ3v) is 2.65. The van der Waals surface area contributed by atoms with Crippen molar-refractivity contribution in [3.05, 3.63) is 105 Å². The number of ketones is 2. The second-order valence-corrected chi connectivity index (χ2v) is 4.49. The molecule has 0 saturated heterocycles. The van der Waals surface area contributed by atoms with Gasteiger partial charge in [0, 0.05) is 12.1 Å². The molecule has 0 aromatic heterocycles. The zero-order valence-corrected chi connectivity index (χ0v) is 18.1. The summed E-state index contributed by atoms with van der Waals surface area (Å²) >= 11 is 0. The third-order valence-electron chi connectivity index (χ3n) is 2.65. The number of halogens is 1. The molecule has 1 aliphatic carbocycles. The number of carbonyl (C=O) groups excluding carboxylic acids is 2. The molecule has 2 aromatic carbocycles. The van der Waals surface area contributed by atoms with Gasteiger partial charge in [-0.3, -0.25) is 19.7 Å². The number of hydrogen-bond acceptors (Lipinski definition) is 8. The molecule has 0 bridgehead atoms. The van der Waals surface area contributed by atoms with E-state index in [-0.39, 0.29) is 59.2 Å². The van der Waals surface area contributed by atoms with Gasteiger partial charge in [0.05, 0.1) is 4.92 Å². The van der Waals surface area contributed by atoms with E-state index in [0.29, 0.717) is 5.69 Å². The minimum atomic E-state index is -0.417. The smallest absolute Gasteiger partial charge is 1.00 e. The molecule has 2 aromatic rings. The van der Waals surface area contributed by atoms with Crippen LogP contribution in [0.25, 0.3) is 0 Å². The van der Waals surface area contributed by atoms with E-state index in [9.17, 15) is 24.6 Å². The van der Waals surface area contributed by atoms with Crippen molar-refractivity contribution in [2.24, 2.45) is 5.18 Å². The van der Waals surface area contributed by atoms with Crippen LogP contribution in [0, 0.1) is 25.5 Å². The van der Waals surface area contributed by atoms with Crippen molar-refractivity contribution in [2.75, 3.05) is 0 Å². The van der Waals surface area contributed by atoms with Crippen molar-refractivity contribution >= 4 is 22.9 Å². The van der Waals surface area contributed by atoms with Crippen molar-refractivity contribution in [1.29, 1.82) is 5.59 Å². The van der Waals surface area contributed by atoms with Gasteiger partial charge < -0.3 is 12.4 Å². The van der Waals surface area contributed by atoms with Gasteiger partial charge >= 0.3 is 29.6 Å². The molecular weight excluding hydrogens is 413 g/mol. The molecule has 11 heteroatoms. The van der Waals surface area contributed by atoms with Gasteiger partial charge in [-0.1, -0.05) is 42.0 Å². The summed E-state index contributed by atoms with van der Waals surface area (Å²) in [6.45, 7) is 0. The number of para-hydroxylation sites is 1. The molecule has 0 saturated carbocycles. The van der Waals surface area contributed by atoms with E-state index >= 15 is 0 Å². The minimum Gasteiger partial charge on any atom is -1.00 e. The van der Waals surface area contributed by atoms with Crippen LogP contribution in [0.2, 0.25) is 0 Å². The molecule has 9 nitrogen and oxygen atoms in total. The summed E-state index contributed by atoms with van der Waals surface area (Å²) in [5.41, 5.74) is 5.12. The SMILES string of the molecule is N=O.O=C1C=CC(=O)C=C1.O=Nc1ccccc1.O=[N+]([O-])c1ccccc1.[Cl-].[Na+]. The molecule has 0 fully saturated rings. The first kappa shape index (κ1) is 30.9. The summed E-state index contributed by atoms with van der Waals surface area (Å²) in [7, 11) is 0. The standard InChI is InChI=1S/C6H5NO2.C6H5NO.C6H4O2.ClH.HNO.Na/c8-7(9)6-4-2-1-3-5-6;8-7-6-4-2-1-3-5-6;7-5-1-2-6(8)4-3-5;;1-2;/h1-5H;1-5H;1-4H;1H;1H;/q;;;;;+1/p-1. The molecule has 29 heavy (non-hydrogen) atoms. The number of carbonyl (C=O) groups is 2. The fourth-order valence-corrected chi connectivity index (χ4v) is 1.48. The Hall–Kier alpha value is -2.85. The number of nitro benzene ring substituents is 1. The molecule has 146 valence electrons. The van der Waals surface area contributed by atoms with Crippen LogP contribution in [0.15, 0.2) is 90.1 Å². The molecule has 0 aliphatic heterocycles. The van der Waals surface area contributed by atoms with Crippen LogP contribution in [0.3, 0.4) is 0 Å². The molecular formula is C18H15ClN3NaO6. The molecule has 0 unspecified atom stereocenters. The zero-order chi connectivity index (χ0) is 20.5. The van der Waals surface area contributed by atoms with Gasteiger partial charge in [-0.2, -0.15) is 4.91 Å². The predicted molar refractivity (Wildman–Crippen MR) is 99.4 cm³/mol. The summed E-state index contributed by atoms with van der Waals surface area (Å²) in [5, 5.41) is 12.7. The Morgan fingerprint density at radius 1 is 0.759 bits per heavy atom. The molecule has 1 aliphatic rings. The van der Waals surface area contributed by atoms with Crippen LogP contribution < -0.4 is 42.0 Å². The number of non-ortho nitro benzene ring substituents is 1. The van der Waals surface area contributed by atoms with Gasteiger partial charge in [-0.15, -0.1) is 4.91 Å². The van der Waals surface area contributed by atoms with E-state index in [4.69, 9.17) is 4.91 Å². The van der Waals surface area contributed by atoms with E-state index in [0.717, 1.165) is 0 Å². The number of nitrogens with zero attached hydrogens (tertiary/aromatic N) is 2. The molecule has 0 heterocycles. The summed E-state index contributed by atoms with van der Waals surface area (Å²) in [5.74, 6) is -0.241. The number of nitro groups is 1. The topological polar surface area (TPSA) is 148 Å². The first-order valence-corrected chi connectivity index (χ1v) is 7.25. The largest absolute Gasteiger partial charge is 1.00 e. The maximum atomic E-state index is 10.3. The monoisotopic (exact) mass is 427 g/mol. The van der Waals surface area contributed by atoms with E-state index in [1.807, 2.05) is 6.07 Å². The van der Waals surface area contributed by atoms with Gasteiger partial charge in [0.1, 0.15) is 5.69 Å². The van der Waals surface area contributed by atoms with Crippen molar-refractivity contribution in [1.82, 2.24) is 0 Å². The molecule has 0 amide bonds. The van der Waals surface area contributed by atoms with Crippen LogP contribution in [0.5, 0.6) is 0 Å². The maximum Gasteiger partial charge on any atom is 1.00 e. The Morgan fingerprint density at radius 2 is 1.10 bits per heavy atom. The van der Waals surface area contributed by atoms with Crippen LogP contribution >= 0.6 is 0 Å². The van der Waals surface area contributed by atoms with Crippen LogP contribution in [-0.4, -0.2) is 16.5 Å². The van der Waals surface area contributed by atoms with Gasteiger partial charge in [0.15, 0.2) is 11.6 Å². The van der Waals surface area contributed by atoms with Crippen molar-refractivity contribution in [3.63, 3.8) is 0 Å². The molecule has 0 radical (unpaired) electrons. The molecule has 3 rings (SSSR count). The third kappa shape index (κ3) is 15.9. The number of nitroso groups, excluding NO2 is 2. The fraction of sp³-hybridized carbons (Fsp3) is 0.